The number of hydrogen-bond donors (Lipinski definition) is 2. The molecule has 1 aliphatic rings. The molecule has 1 aliphatic carbocycles. The number of aliphatic hydroxyl groups is 1. The van der Waals surface area contributed by atoms with E-state index in [1.807, 2.05) is 12.1 Å². The van der Waals surface area contributed by atoms with E-state index in [2.05, 4.69) is 11.4 Å². The van der Waals surface area contributed by atoms with E-state index in [0.29, 0.717) is 10.6 Å². The predicted octanol–water partition coefficient (Wildman–Crippen LogP) is 3.36. The zero-order chi connectivity index (χ0) is 17.2. The summed E-state index contributed by atoms with van der Waals surface area (Å²) in [5, 5.41) is 22.2. The molecule has 2 aromatic carbocycles. The third-order valence-electron chi connectivity index (χ3n) is 4.42. The first kappa shape index (κ1) is 16.5. The molecule has 0 heterocycles. The Balaban J connectivity index is 1.72. The van der Waals surface area contributed by atoms with Gasteiger partial charge in [0.15, 0.2) is 0 Å². The Morgan fingerprint density at radius 3 is 2.33 bits per heavy atom. The quantitative estimate of drug-likeness (QED) is 0.876. The Labute approximate surface area is 145 Å². The molecule has 4 nitrogen and oxygen atoms in total. The topological polar surface area (TPSA) is 73.1 Å². The van der Waals surface area contributed by atoms with E-state index in [0.717, 1.165) is 24.0 Å². The molecule has 24 heavy (non-hydrogen) atoms. The Morgan fingerprint density at radius 2 is 1.83 bits per heavy atom. The van der Waals surface area contributed by atoms with Gasteiger partial charge in [0.05, 0.1) is 24.1 Å². The van der Waals surface area contributed by atoms with Crippen molar-refractivity contribution in [3.05, 3.63) is 70.2 Å². The van der Waals surface area contributed by atoms with Gasteiger partial charge in [-0.1, -0.05) is 35.9 Å². The number of aliphatic hydroxyl groups excluding tert-OH is 1. The summed E-state index contributed by atoms with van der Waals surface area (Å²) in [7, 11) is 0. The van der Waals surface area contributed by atoms with Gasteiger partial charge in [-0.2, -0.15) is 5.26 Å². The van der Waals surface area contributed by atoms with Gasteiger partial charge in [-0.25, -0.2) is 0 Å². The van der Waals surface area contributed by atoms with E-state index in [4.69, 9.17) is 11.6 Å². The maximum absolute atomic E-state index is 12.4. The minimum absolute atomic E-state index is 0.205. The highest BCUT2D eigenvalue weighted by Crippen LogP contribution is 2.47. The van der Waals surface area contributed by atoms with E-state index in [1.165, 1.54) is 0 Å². The molecule has 1 atom stereocenters. The van der Waals surface area contributed by atoms with Gasteiger partial charge >= 0.3 is 0 Å². The number of halogens is 1. The molecule has 122 valence electrons. The minimum atomic E-state index is -0.497. The highest BCUT2D eigenvalue weighted by Gasteiger charge is 2.44. The Morgan fingerprint density at radius 1 is 1.21 bits per heavy atom. The first-order valence-electron chi connectivity index (χ1n) is 7.77. The lowest BCUT2D eigenvalue weighted by atomic mass is 9.96. The summed E-state index contributed by atoms with van der Waals surface area (Å²) < 4.78 is 0. The van der Waals surface area contributed by atoms with Crippen LogP contribution >= 0.6 is 11.6 Å². The number of hydrogen-bond acceptors (Lipinski definition) is 3. The molecule has 0 aromatic heterocycles. The lowest BCUT2D eigenvalue weighted by Gasteiger charge is -2.17. The molecule has 0 saturated heterocycles. The minimum Gasteiger partial charge on any atom is -0.394 e. The lowest BCUT2D eigenvalue weighted by Crippen LogP contribution is -2.30. The molecule has 2 aromatic rings. The van der Waals surface area contributed by atoms with Crippen LogP contribution in [0.3, 0.4) is 0 Å². The van der Waals surface area contributed by atoms with Gasteiger partial charge in [-0.05, 0) is 48.2 Å². The van der Waals surface area contributed by atoms with Crippen molar-refractivity contribution in [2.45, 2.75) is 24.3 Å². The summed E-state index contributed by atoms with van der Waals surface area (Å²) in [5.41, 5.74) is 1.89. The maximum atomic E-state index is 12.4. The van der Waals surface area contributed by atoms with Gasteiger partial charge in [0.1, 0.15) is 0 Å². The zero-order valence-electron chi connectivity index (χ0n) is 13.0. The van der Waals surface area contributed by atoms with Gasteiger partial charge < -0.3 is 10.4 Å². The summed E-state index contributed by atoms with van der Waals surface area (Å²) >= 11 is 5.86. The summed E-state index contributed by atoms with van der Waals surface area (Å²) in [5.74, 6) is -0.266. The van der Waals surface area contributed by atoms with Crippen molar-refractivity contribution in [1.29, 1.82) is 5.26 Å². The van der Waals surface area contributed by atoms with Crippen LogP contribution in [0.25, 0.3) is 0 Å². The highest BCUT2D eigenvalue weighted by molar-refractivity contribution is 6.30. The molecule has 1 saturated carbocycles. The third-order valence-corrected chi connectivity index (χ3v) is 4.68. The van der Waals surface area contributed by atoms with Gasteiger partial charge in [0.25, 0.3) is 5.91 Å². The smallest absolute Gasteiger partial charge is 0.251 e. The summed E-state index contributed by atoms with van der Waals surface area (Å²) in [4.78, 5) is 12.4. The number of nitriles is 1. The van der Waals surface area contributed by atoms with Crippen LogP contribution < -0.4 is 5.32 Å². The van der Waals surface area contributed by atoms with Gasteiger partial charge in [0.2, 0.25) is 0 Å². The first-order chi connectivity index (χ1) is 11.6. The van der Waals surface area contributed by atoms with E-state index >= 15 is 0 Å². The monoisotopic (exact) mass is 340 g/mol. The molecular weight excluding hydrogens is 324 g/mol. The molecule has 1 amide bonds. The van der Waals surface area contributed by atoms with Crippen LogP contribution in [0.1, 0.15) is 40.4 Å². The van der Waals surface area contributed by atoms with Crippen molar-refractivity contribution in [1.82, 2.24) is 5.32 Å². The molecule has 2 N–H and O–H groups in total. The van der Waals surface area contributed by atoms with Gasteiger partial charge in [0, 0.05) is 10.6 Å². The van der Waals surface area contributed by atoms with E-state index < -0.39 is 6.04 Å². The number of amides is 1. The summed E-state index contributed by atoms with van der Waals surface area (Å²) in [6.07, 6.45) is 1.75. The number of rotatable bonds is 5. The number of carbonyl (C=O) groups is 1. The molecule has 5 heteroatoms. The Bertz CT molecular complexity index is 775. The average molecular weight is 341 g/mol. The van der Waals surface area contributed by atoms with Crippen LogP contribution in [-0.2, 0) is 5.41 Å². The normalized spacial score (nSPS) is 16.0. The lowest BCUT2D eigenvalue weighted by molar-refractivity contribution is 0.0916. The van der Waals surface area contributed by atoms with Crippen LogP contribution in [0, 0.1) is 11.3 Å². The van der Waals surface area contributed by atoms with Crippen LogP contribution in [0.5, 0.6) is 0 Å². The second kappa shape index (κ2) is 6.64. The molecule has 0 bridgehead atoms. The van der Waals surface area contributed by atoms with Crippen molar-refractivity contribution in [2.75, 3.05) is 6.61 Å². The number of nitrogens with one attached hydrogen (secondary N) is 1. The summed E-state index contributed by atoms with van der Waals surface area (Å²) in [6.45, 7) is -0.205. The standard InChI is InChI=1S/C19H17ClN2O2/c20-16-7-3-13(4-8-16)17(11-23)22-18(24)14-1-5-15(6-2-14)19(12-21)9-10-19/h1-8,17,23H,9-11H2,(H,22,24). The molecule has 0 spiro atoms. The van der Waals surface area contributed by atoms with Crippen LogP contribution in [0.15, 0.2) is 48.5 Å². The second-order valence-electron chi connectivity index (χ2n) is 6.03. The van der Waals surface area contributed by atoms with Gasteiger partial charge in [-0.15, -0.1) is 0 Å². The molecule has 3 rings (SSSR count). The van der Waals surface area contributed by atoms with Crippen LogP contribution in [0.2, 0.25) is 5.02 Å². The molecule has 1 fully saturated rings. The number of benzene rings is 2. The Kier molecular flexibility index (Phi) is 4.57. The van der Waals surface area contributed by atoms with Crippen molar-refractivity contribution in [3.8, 4) is 6.07 Å². The van der Waals surface area contributed by atoms with Crippen molar-refractivity contribution in [2.24, 2.45) is 0 Å². The zero-order valence-corrected chi connectivity index (χ0v) is 13.8. The van der Waals surface area contributed by atoms with Gasteiger partial charge in [-0.3, -0.25) is 4.79 Å². The summed E-state index contributed by atoms with van der Waals surface area (Å²) in [6, 6.07) is 15.9. The predicted molar refractivity (Wildman–Crippen MR) is 91.7 cm³/mol. The van der Waals surface area contributed by atoms with Crippen molar-refractivity contribution < 1.29 is 9.90 Å². The molecular formula is C19H17ClN2O2. The second-order valence-corrected chi connectivity index (χ2v) is 6.47. The number of carbonyl (C=O) groups excluding carboxylic acids is 1. The van der Waals surface area contributed by atoms with Crippen LogP contribution in [0.4, 0.5) is 0 Å². The largest absolute Gasteiger partial charge is 0.394 e. The van der Waals surface area contributed by atoms with Crippen molar-refractivity contribution >= 4 is 17.5 Å². The first-order valence-corrected chi connectivity index (χ1v) is 8.15. The molecule has 0 radical (unpaired) electrons. The fourth-order valence-corrected chi connectivity index (χ4v) is 2.83. The molecule has 0 aliphatic heterocycles. The van der Waals surface area contributed by atoms with E-state index in [-0.39, 0.29) is 17.9 Å². The third kappa shape index (κ3) is 3.28. The van der Waals surface area contributed by atoms with Crippen LogP contribution in [-0.4, -0.2) is 17.6 Å². The van der Waals surface area contributed by atoms with E-state index in [9.17, 15) is 15.2 Å². The molecule has 1 unspecified atom stereocenters. The number of nitrogens with zero attached hydrogens (tertiary/aromatic N) is 1. The maximum Gasteiger partial charge on any atom is 0.251 e. The average Bonchev–Trinajstić information content (AvgIpc) is 3.42. The van der Waals surface area contributed by atoms with E-state index in [1.54, 1.807) is 36.4 Å². The fraction of sp³-hybridized carbons (Fsp3) is 0.263. The highest BCUT2D eigenvalue weighted by atomic mass is 35.5. The Hall–Kier alpha value is -2.35. The SMILES string of the molecule is N#CC1(c2ccc(C(=O)NC(CO)c3ccc(Cl)cc3)cc2)CC1. The van der Waals surface area contributed by atoms with Crippen molar-refractivity contribution in [3.63, 3.8) is 0 Å². The fourth-order valence-electron chi connectivity index (χ4n) is 2.70.